The Balaban J connectivity index is 0.00000225. The molecule has 1 aromatic carbocycles. The van der Waals surface area contributed by atoms with Crippen molar-refractivity contribution in [3.05, 3.63) is 30.5 Å². The van der Waals surface area contributed by atoms with E-state index in [1.165, 1.54) is 0 Å². The predicted molar refractivity (Wildman–Crippen MR) is 102 cm³/mol. The quantitative estimate of drug-likeness (QED) is 0.852. The van der Waals surface area contributed by atoms with E-state index in [1.807, 2.05) is 42.0 Å². The largest absolute Gasteiger partial charge is 0.347 e. The van der Waals surface area contributed by atoms with Gasteiger partial charge in [-0.3, -0.25) is 9.59 Å². The Labute approximate surface area is 154 Å². The molecule has 1 unspecified atom stereocenters. The minimum Gasteiger partial charge on any atom is -0.347 e. The average Bonchev–Trinajstić information content (AvgIpc) is 2.87. The molecule has 1 fully saturated rings. The molecular formula is C18H25ClN4O2. The lowest BCUT2D eigenvalue weighted by Gasteiger charge is -2.31. The number of amides is 2. The number of halogens is 1. The maximum absolute atomic E-state index is 12.4. The molecule has 1 aliphatic rings. The molecule has 2 heterocycles. The van der Waals surface area contributed by atoms with Crippen LogP contribution in [0.1, 0.15) is 6.92 Å². The van der Waals surface area contributed by atoms with Gasteiger partial charge in [-0.1, -0.05) is 13.0 Å². The molecule has 0 radical (unpaired) electrons. The van der Waals surface area contributed by atoms with Gasteiger partial charge in [-0.25, -0.2) is 0 Å². The van der Waals surface area contributed by atoms with E-state index in [0.717, 1.165) is 29.7 Å². The van der Waals surface area contributed by atoms with Gasteiger partial charge in [0.15, 0.2) is 0 Å². The first-order chi connectivity index (χ1) is 11.5. The van der Waals surface area contributed by atoms with Crippen LogP contribution in [-0.2, 0) is 16.1 Å². The van der Waals surface area contributed by atoms with Crippen molar-refractivity contribution in [3.63, 3.8) is 0 Å². The molecule has 0 spiro atoms. The smallest absolute Gasteiger partial charge is 0.241 e. The SMILES string of the molecule is CC(C(=O)Nc1ccc2ccn(CC(=O)N(C)C)c2c1)C1CNC1.Cl. The molecule has 2 amide bonds. The molecule has 0 aliphatic carbocycles. The molecule has 2 N–H and O–H groups in total. The standard InChI is InChI=1S/C18H24N4O2.ClH/c1-12(14-9-19-10-14)18(24)20-15-5-4-13-6-7-22(16(13)8-15)11-17(23)21(2)3;/h4-8,12,14,19H,9-11H2,1-3H3,(H,20,24);1H. The van der Waals surface area contributed by atoms with E-state index in [4.69, 9.17) is 0 Å². The van der Waals surface area contributed by atoms with Gasteiger partial charge in [0.2, 0.25) is 11.8 Å². The summed E-state index contributed by atoms with van der Waals surface area (Å²) < 4.78 is 1.91. The lowest BCUT2D eigenvalue weighted by molar-refractivity contribution is -0.129. The molecule has 1 aromatic heterocycles. The summed E-state index contributed by atoms with van der Waals surface area (Å²) in [5, 5.41) is 7.25. The van der Waals surface area contributed by atoms with E-state index in [0.29, 0.717) is 5.92 Å². The fourth-order valence-corrected chi connectivity index (χ4v) is 2.82. The van der Waals surface area contributed by atoms with Gasteiger partial charge in [0.25, 0.3) is 0 Å². The van der Waals surface area contributed by atoms with Crippen LogP contribution >= 0.6 is 12.4 Å². The lowest BCUT2D eigenvalue weighted by atomic mass is 9.88. The Bertz CT molecular complexity index is 768. The van der Waals surface area contributed by atoms with Crippen molar-refractivity contribution in [1.29, 1.82) is 0 Å². The Morgan fingerprint density at radius 3 is 2.64 bits per heavy atom. The Hall–Kier alpha value is -2.05. The lowest BCUT2D eigenvalue weighted by Crippen LogP contribution is -2.48. The first-order valence-corrected chi connectivity index (χ1v) is 8.26. The van der Waals surface area contributed by atoms with E-state index in [1.54, 1.807) is 19.0 Å². The highest BCUT2D eigenvalue weighted by molar-refractivity contribution is 5.95. The molecule has 2 aromatic rings. The summed E-state index contributed by atoms with van der Waals surface area (Å²) in [6.45, 7) is 4.07. The molecule has 25 heavy (non-hydrogen) atoms. The highest BCUT2D eigenvalue weighted by Gasteiger charge is 2.28. The summed E-state index contributed by atoms with van der Waals surface area (Å²) in [5.74, 6) is 0.482. The molecule has 6 nitrogen and oxygen atoms in total. The zero-order chi connectivity index (χ0) is 17.3. The molecule has 1 atom stereocenters. The summed E-state index contributed by atoms with van der Waals surface area (Å²) in [6, 6.07) is 7.79. The van der Waals surface area contributed by atoms with Crippen molar-refractivity contribution in [2.24, 2.45) is 11.8 Å². The number of hydrogen-bond donors (Lipinski definition) is 2. The summed E-state index contributed by atoms with van der Waals surface area (Å²) in [6.07, 6.45) is 1.90. The molecule has 0 bridgehead atoms. The normalized spacial score (nSPS) is 15.2. The molecule has 7 heteroatoms. The van der Waals surface area contributed by atoms with Crippen LogP contribution < -0.4 is 10.6 Å². The number of hydrogen-bond acceptors (Lipinski definition) is 3. The third-order valence-electron chi connectivity index (χ3n) is 4.78. The highest BCUT2D eigenvalue weighted by Crippen LogP contribution is 2.23. The van der Waals surface area contributed by atoms with Crippen molar-refractivity contribution < 1.29 is 9.59 Å². The van der Waals surface area contributed by atoms with Gasteiger partial charge < -0.3 is 20.1 Å². The summed E-state index contributed by atoms with van der Waals surface area (Å²) >= 11 is 0. The van der Waals surface area contributed by atoms with Gasteiger partial charge in [0.1, 0.15) is 6.54 Å². The molecule has 1 aliphatic heterocycles. The van der Waals surface area contributed by atoms with Crippen LogP contribution in [0, 0.1) is 11.8 Å². The second-order valence-corrected chi connectivity index (χ2v) is 6.70. The fraction of sp³-hybridized carbons (Fsp3) is 0.444. The van der Waals surface area contributed by atoms with E-state index in [2.05, 4.69) is 10.6 Å². The monoisotopic (exact) mass is 364 g/mol. The van der Waals surface area contributed by atoms with Crippen molar-refractivity contribution in [1.82, 2.24) is 14.8 Å². The highest BCUT2D eigenvalue weighted by atomic mass is 35.5. The number of benzene rings is 1. The van der Waals surface area contributed by atoms with Gasteiger partial charge in [-0.15, -0.1) is 12.4 Å². The van der Waals surface area contributed by atoms with Gasteiger partial charge in [0.05, 0.1) is 5.52 Å². The molecule has 3 rings (SSSR count). The second-order valence-electron chi connectivity index (χ2n) is 6.70. The molecule has 136 valence electrons. The molecular weight excluding hydrogens is 340 g/mol. The van der Waals surface area contributed by atoms with E-state index >= 15 is 0 Å². The number of rotatable bonds is 5. The van der Waals surface area contributed by atoms with E-state index in [-0.39, 0.29) is 36.7 Å². The number of nitrogens with zero attached hydrogens (tertiary/aromatic N) is 2. The van der Waals surface area contributed by atoms with Crippen LogP contribution in [0.2, 0.25) is 0 Å². The topological polar surface area (TPSA) is 66.4 Å². The number of fused-ring (bicyclic) bond motifs is 1. The zero-order valence-electron chi connectivity index (χ0n) is 14.8. The van der Waals surface area contributed by atoms with Crippen molar-refractivity contribution >= 4 is 40.8 Å². The predicted octanol–water partition coefficient (Wildman–Crippen LogP) is 1.95. The summed E-state index contributed by atoms with van der Waals surface area (Å²) in [4.78, 5) is 25.9. The number of carbonyl (C=O) groups is 2. The fourth-order valence-electron chi connectivity index (χ4n) is 2.82. The number of carbonyl (C=O) groups excluding carboxylic acids is 2. The zero-order valence-corrected chi connectivity index (χ0v) is 15.6. The maximum Gasteiger partial charge on any atom is 0.241 e. The summed E-state index contributed by atoms with van der Waals surface area (Å²) in [7, 11) is 3.49. The number of aromatic nitrogens is 1. The maximum atomic E-state index is 12.4. The van der Waals surface area contributed by atoms with Crippen LogP contribution in [0.4, 0.5) is 5.69 Å². The van der Waals surface area contributed by atoms with Crippen molar-refractivity contribution in [3.8, 4) is 0 Å². The minimum absolute atomic E-state index is 0. The third kappa shape index (κ3) is 4.14. The van der Waals surface area contributed by atoms with Gasteiger partial charge in [-0.2, -0.15) is 0 Å². The van der Waals surface area contributed by atoms with E-state index in [9.17, 15) is 9.59 Å². The Morgan fingerprint density at radius 2 is 2.04 bits per heavy atom. The van der Waals surface area contributed by atoms with Crippen LogP contribution in [0.5, 0.6) is 0 Å². The van der Waals surface area contributed by atoms with Gasteiger partial charge >= 0.3 is 0 Å². The van der Waals surface area contributed by atoms with Crippen molar-refractivity contribution in [2.75, 3.05) is 32.5 Å². The van der Waals surface area contributed by atoms with Crippen LogP contribution in [0.15, 0.2) is 30.5 Å². The number of likely N-dealkylation sites (N-methyl/N-ethyl adjacent to an activating group) is 1. The third-order valence-corrected chi connectivity index (χ3v) is 4.78. The first-order valence-electron chi connectivity index (χ1n) is 8.26. The first kappa shape index (κ1) is 19.3. The summed E-state index contributed by atoms with van der Waals surface area (Å²) in [5.41, 5.74) is 1.71. The van der Waals surface area contributed by atoms with Crippen molar-refractivity contribution in [2.45, 2.75) is 13.5 Å². The molecule has 1 saturated heterocycles. The van der Waals surface area contributed by atoms with Gasteiger partial charge in [-0.05, 0) is 42.6 Å². The number of anilines is 1. The molecule has 0 saturated carbocycles. The Kier molecular flexibility index (Phi) is 6.08. The van der Waals surface area contributed by atoms with Crippen LogP contribution in [-0.4, -0.2) is 48.5 Å². The van der Waals surface area contributed by atoms with E-state index < -0.39 is 0 Å². The van der Waals surface area contributed by atoms with Crippen LogP contribution in [0.3, 0.4) is 0 Å². The van der Waals surface area contributed by atoms with Gasteiger partial charge in [0, 0.05) is 31.9 Å². The minimum atomic E-state index is -0.0101. The number of nitrogens with one attached hydrogen (secondary N) is 2. The Morgan fingerprint density at radius 1 is 1.32 bits per heavy atom. The average molecular weight is 365 g/mol. The van der Waals surface area contributed by atoms with Crippen LogP contribution in [0.25, 0.3) is 10.9 Å². The second kappa shape index (κ2) is 7.89.